The molecule has 0 saturated heterocycles. The van der Waals surface area contributed by atoms with Crippen molar-refractivity contribution in [1.29, 1.82) is 0 Å². The van der Waals surface area contributed by atoms with Gasteiger partial charge in [0.1, 0.15) is 0 Å². The van der Waals surface area contributed by atoms with Crippen molar-refractivity contribution in [2.24, 2.45) is 0 Å². The van der Waals surface area contributed by atoms with E-state index in [1.807, 2.05) is 36.6 Å². The van der Waals surface area contributed by atoms with Crippen LogP contribution in [0, 0.1) is 0 Å². The number of thiophene rings is 1. The molecule has 1 atom stereocenters. The molecule has 1 unspecified atom stereocenters. The predicted octanol–water partition coefficient (Wildman–Crippen LogP) is 4.72. The Morgan fingerprint density at radius 1 is 1.24 bits per heavy atom. The Kier molecular flexibility index (Phi) is 4.08. The van der Waals surface area contributed by atoms with Gasteiger partial charge in [-0.15, -0.1) is 11.3 Å². The molecule has 0 fully saturated rings. The lowest BCUT2D eigenvalue weighted by Gasteiger charge is -2.23. The Morgan fingerprint density at radius 3 is 2.59 bits per heavy atom. The minimum absolute atomic E-state index is 0.625. The van der Waals surface area contributed by atoms with Crippen LogP contribution < -0.4 is 0 Å². The molecule has 1 aromatic carbocycles. The van der Waals surface area contributed by atoms with Crippen LogP contribution in [0.3, 0.4) is 0 Å². The molecule has 17 heavy (non-hydrogen) atoms. The number of halogens is 2. The minimum atomic E-state index is -0.839. The number of hydrogen-bond donors (Lipinski definition) is 1. The van der Waals surface area contributed by atoms with Crippen LogP contribution in [0.4, 0.5) is 0 Å². The van der Waals surface area contributed by atoms with Gasteiger partial charge >= 0.3 is 0 Å². The summed E-state index contributed by atoms with van der Waals surface area (Å²) < 4.78 is 2.06. The van der Waals surface area contributed by atoms with E-state index >= 15 is 0 Å². The molecule has 0 bridgehead atoms. The Bertz CT molecular complexity index is 520. The van der Waals surface area contributed by atoms with Crippen LogP contribution in [0.25, 0.3) is 0 Å². The van der Waals surface area contributed by atoms with Gasteiger partial charge in [0.15, 0.2) is 0 Å². The summed E-state index contributed by atoms with van der Waals surface area (Å²) in [6, 6.07) is 9.87. The van der Waals surface area contributed by atoms with Gasteiger partial charge in [-0.2, -0.15) is 0 Å². The van der Waals surface area contributed by atoms with Crippen LogP contribution in [-0.4, -0.2) is 5.11 Å². The number of benzene rings is 1. The van der Waals surface area contributed by atoms with Gasteiger partial charge in [0.2, 0.25) is 0 Å². The highest BCUT2D eigenvalue weighted by atomic mass is 79.9. The highest BCUT2D eigenvalue weighted by Gasteiger charge is 2.24. The highest BCUT2D eigenvalue weighted by molar-refractivity contribution is 9.10. The minimum Gasteiger partial charge on any atom is -0.385 e. The van der Waals surface area contributed by atoms with Crippen LogP contribution in [-0.2, 0) is 12.0 Å². The van der Waals surface area contributed by atoms with E-state index in [-0.39, 0.29) is 0 Å². The van der Waals surface area contributed by atoms with Crippen molar-refractivity contribution in [3.63, 3.8) is 0 Å². The molecule has 0 radical (unpaired) electrons. The maximum absolute atomic E-state index is 10.5. The standard InChI is InChI=1S/C13H12Br2OS/c1-13(16,7-12-6-11(15)8-17-12)9-3-2-4-10(14)5-9/h2-6,8,16H,7H2,1H3. The van der Waals surface area contributed by atoms with Crippen molar-refractivity contribution in [3.05, 3.63) is 55.1 Å². The molecule has 0 saturated carbocycles. The van der Waals surface area contributed by atoms with Gasteiger partial charge in [-0.1, -0.05) is 28.1 Å². The molecule has 2 aromatic rings. The maximum Gasteiger partial charge on any atom is 0.0916 e. The Labute approximate surface area is 122 Å². The fourth-order valence-electron chi connectivity index (χ4n) is 1.71. The predicted molar refractivity (Wildman–Crippen MR) is 79.4 cm³/mol. The fourth-order valence-corrected chi connectivity index (χ4v) is 3.71. The molecule has 0 aliphatic rings. The Hall–Kier alpha value is -0.160. The zero-order chi connectivity index (χ0) is 12.5. The third kappa shape index (κ3) is 3.41. The topological polar surface area (TPSA) is 20.2 Å². The molecule has 0 amide bonds. The SMILES string of the molecule is CC(O)(Cc1cc(Br)cs1)c1cccc(Br)c1. The van der Waals surface area contributed by atoms with E-state index in [0.29, 0.717) is 6.42 Å². The Balaban J connectivity index is 2.24. The van der Waals surface area contributed by atoms with Crippen LogP contribution in [0.2, 0.25) is 0 Å². The average Bonchev–Trinajstić information content (AvgIpc) is 2.63. The molecular formula is C13H12Br2OS. The summed E-state index contributed by atoms with van der Waals surface area (Å²) >= 11 is 8.51. The molecule has 1 nitrogen and oxygen atoms in total. The summed E-state index contributed by atoms with van der Waals surface area (Å²) in [5.74, 6) is 0. The van der Waals surface area contributed by atoms with E-state index in [1.165, 1.54) is 4.88 Å². The average molecular weight is 376 g/mol. The first-order chi connectivity index (χ1) is 7.97. The zero-order valence-electron chi connectivity index (χ0n) is 9.28. The molecule has 0 aliphatic heterocycles. The normalized spacial score (nSPS) is 14.6. The van der Waals surface area contributed by atoms with E-state index in [1.54, 1.807) is 11.3 Å². The maximum atomic E-state index is 10.5. The summed E-state index contributed by atoms with van der Waals surface area (Å²) in [6.45, 7) is 1.85. The van der Waals surface area contributed by atoms with Gasteiger partial charge in [0.25, 0.3) is 0 Å². The van der Waals surface area contributed by atoms with Crippen molar-refractivity contribution in [3.8, 4) is 0 Å². The first-order valence-corrected chi connectivity index (χ1v) is 7.65. The van der Waals surface area contributed by atoms with Crippen LogP contribution in [0.5, 0.6) is 0 Å². The lowest BCUT2D eigenvalue weighted by atomic mass is 9.92. The third-order valence-electron chi connectivity index (χ3n) is 2.59. The van der Waals surface area contributed by atoms with Crippen molar-refractivity contribution >= 4 is 43.2 Å². The lowest BCUT2D eigenvalue weighted by Crippen LogP contribution is -2.23. The molecule has 0 spiro atoms. The second-order valence-electron chi connectivity index (χ2n) is 4.19. The van der Waals surface area contributed by atoms with E-state index in [0.717, 1.165) is 14.5 Å². The molecule has 4 heteroatoms. The second kappa shape index (κ2) is 5.22. The molecule has 90 valence electrons. The van der Waals surface area contributed by atoms with Crippen LogP contribution in [0.1, 0.15) is 17.4 Å². The van der Waals surface area contributed by atoms with Crippen molar-refractivity contribution < 1.29 is 5.11 Å². The molecular weight excluding hydrogens is 364 g/mol. The highest BCUT2D eigenvalue weighted by Crippen LogP contribution is 2.30. The summed E-state index contributed by atoms with van der Waals surface area (Å²) in [7, 11) is 0. The van der Waals surface area contributed by atoms with Crippen molar-refractivity contribution in [2.45, 2.75) is 18.9 Å². The lowest BCUT2D eigenvalue weighted by molar-refractivity contribution is 0.0584. The zero-order valence-corrected chi connectivity index (χ0v) is 13.3. The molecule has 2 rings (SSSR count). The first-order valence-electron chi connectivity index (χ1n) is 5.19. The summed E-state index contributed by atoms with van der Waals surface area (Å²) in [5.41, 5.74) is 0.0880. The molecule has 1 N–H and O–H groups in total. The number of hydrogen-bond acceptors (Lipinski definition) is 2. The summed E-state index contributed by atoms with van der Waals surface area (Å²) in [5, 5.41) is 12.6. The summed E-state index contributed by atoms with van der Waals surface area (Å²) in [6.07, 6.45) is 0.625. The van der Waals surface area contributed by atoms with Gasteiger partial charge in [-0.25, -0.2) is 0 Å². The van der Waals surface area contributed by atoms with Crippen LogP contribution in [0.15, 0.2) is 44.7 Å². The smallest absolute Gasteiger partial charge is 0.0916 e. The third-order valence-corrected chi connectivity index (χ3v) is 4.78. The fraction of sp³-hybridized carbons (Fsp3) is 0.231. The number of rotatable bonds is 3. The van der Waals surface area contributed by atoms with Crippen LogP contribution >= 0.6 is 43.2 Å². The Morgan fingerprint density at radius 2 is 2.00 bits per heavy atom. The second-order valence-corrected chi connectivity index (χ2v) is 7.02. The molecule has 0 aliphatic carbocycles. The largest absolute Gasteiger partial charge is 0.385 e. The van der Waals surface area contributed by atoms with Gasteiger partial charge in [0, 0.05) is 25.6 Å². The van der Waals surface area contributed by atoms with E-state index in [4.69, 9.17) is 0 Å². The van der Waals surface area contributed by atoms with Gasteiger partial charge < -0.3 is 5.11 Å². The van der Waals surface area contributed by atoms with E-state index in [9.17, 15) is 5.11 Å². The quantitative estimate of drug-likeness (QED) is 0.822. The number of aliphatic hydroxyl groups is 1. The van der Waals surface area contributed by atoms with Gasteiger partial charge in [-0.3, -0.25) is 0 Å². The van der Waals surface area contributed by atoms with E-state index < -0.39 is 5.60 Å². The summed E-state index contributed by atoms with van der Waals surface area (Å²) in [4.78, 5) is 1.17. The molecule has 1 aromatic heterocycles. The van der Waals surface area contributed by atoms with Crippen molar-refractivity contribution in [2.75, 3.05) is 0 Å². The van der Waals surface area contributed by atoms with Crippen molar-refractivity contribution in [1.82, 2.24) is 0 Å². The monoisotopic (exact) mass is 374 g/mol. The first kappa shape index (κ1) is 13.3. The van der Waals surface area contributed by atoms with Gasteiger partial charge in [0.05, 0.1) is 5.60 Å². The molecule has 1 heterocycles. The van der Waals surface area contributed by atoms with E-state index in [2.05, 4.69) is 37.9 Å². The van der Waals surface area contributed by atoms with Gasteiger partial charge in [-0.05, 0) is 46.6 Å².